The fourth-order valence-corrected chi connectivity index (χ4v) is 1.75. The number of carbonyl (C=O) groups is 1. The largest absolute Gasteiger partial charge is 0.334 e. The maximum absolute atomic E-state index is 11.0. The Morgan fingerprint density at radius 2 is 1.70 bits per heavy atom. The second-order valence-electron chi connectivity index (χ2n) is 4.46. The molecule has 23 heavy (non-hydrogen) atoms. The van der Waals surface area contributed by atoms with Crippen LogP contribution in [0.25, 0.3) is 0 Å². The molecule has 118 valence electrons. The maximum Gasteiger partial charge on any atom is 0.318 e. The molecule has 0 fully saturated rings. The molecule has 0 aliphatic rings. The minimum Gasteiger partial charge on any atom is -0.334 e. The van der Waals surface area contributed by atoms with E-state index in [1.807, 2.05) is 0 Å². The lowest BCUT2D eigenvalue weighted by Gasteiger charge is -2.07. The first-order chi connectivity index (χ1) is 10.9. The minimum absolute atomic E-state index is 0.118. The summed E-state index contributed by atoms with van der Waals surface area (Å²) in [6, 6.07) is 7.19. The molecule has 2 N–H and O–H groups in total. The van der Waals surface area contributed by atoms with Crippen molar-refractivity contribution in [3.63, 3.8) is 0 Å². The number of hydrogen-bond donors (Lipinski definition) is 2. The number of aromatic nitrogens is 1. The van der Waals surface area contributed by atoms with E-state index >= 15 is 0 Å². The zero-order valence-corrected chi connectivity index (χ0v) is 11.8. The summed E-state index contributed by atoms with van der Waals surface area (Å²) >= 11 is 0. The van der Waals surface area contributed by atoms with Crippen LogP contribution in [0.3, 0.4) is 0 Å². The molecule has 1 aromatic heterocycles. The summed E-state index contributed by atoms with van der Waals surface area (Å²) in [5.74, 6) is -0.341. The molecule has 1 heterocycles. The number of nitrogens with one attached hydrogen (secondary N) is 2. The first-order valence-electron chi connectivity index (χ1n) is 6.30. The summed E-state index contributed by atoms with van der Waals surface area (Å²) in [6.07, 6.45) is 0.932. The molecule has 0 aliphatic heterocycles. The van der Waals surface area contributed by atoms with E-state index in [0.29, 0.717) is 11.4 Å². The van der Waals surface area contributed by atoms with Gasteiger partial charge in [0.15, 0.2) is 0 Å². The fourth-order valence-electron chi connectivity index (χ4n) is 1.75. The topological polar surface area (TPSA) is 140 Å². The molecule has 0 atom stereocenters. The van der Waals surface area contributed by atoms with Crippen molar-refractivity contribution in [3.8, 4) is 0 Å². The van der Waals surface area contributed by atoms with Gasteiger partial charge in [0, 0.05) is 18.3 Å². The highest BCUT2D eigenvalue weighted by molar-refractivity contribution is 5.88. The van der Waals surface area contributed by atoms with Gasteiger partial charge in [-0.25, -0.2) is 4.98 Å². The molecule has 2 aromatic rings. The molecule has 0 saturated heterocycles. The van der Waals surface area contributed by atoms with Crippen molar-refractivity contribution in [2.75, 3.05) is 10.6 Å². The smallest absolute Gasteiger partial charge is 0.318 e. The third-order valence-electron chi connectivity index (χ3n) is 2.73. The molecule has 1 amide bonds. The highest BCUT2D eigenvalue weighted by Gasteiger charge is 2.21. The summed E-state index contributed by atoms with van der Waals surface area (Å²) < 4.78 is 0. The Morgan fingerprint density at radius 1 is 1.09 bits per heavy atom. The van der Waals surface area contributed by atoms with E-state index in [9.17, 15) is 25.0 Å². The van der Waals surface area contributed by atoms with E-state index in [4.69, 9.17) is 0 Å². The van der Waals surface area contributed by atoms with Crippen LogP contribution < -0.4 is 10.6 Å². The van der Waals surface area contributed by atoms with Crippen LogP contribution >= 0.6 is 0 Å². The Balaban J connectivity index is 2.27. The Morgan fingerprint density at radius 3 is 2.22 bits per heavy atom. The summed E-state index contributed by atoms with van der Waals surface area (Å²) in [5.41, 5.74) is 0.0613. The zero-order chi connectivity index (χ0) is 17.0. The lowest BCUT2D eigenvalue weighted by molar-refractivity contribution is -0.394. The number of anilines is 3. The summed E-state index contributed by atoms with van der Waals surface area (Å²) in [5, 5.41) is 27.0. The fraction of sp³-hybridized carbons (Fsp3) is 0.0769. The van der Waals surface area contributed by atoms with Crippen LogP contribution in [0.4, 0.5) is 28.6 Å². The van der Waals surface area contributed by atoms with Gasteiger partial charge in [0.2, 0.25) is 11.7 Å². The number of carbonyl (C=O) groups excluding carboxylic acids is 1. The van der Waals surface area contributed by atoms with Gasteiger partial charge in [0.1, 0.15) is 6.20 Å². The van der Waals surface area contributed by atoms with E-state index in [0.717, 1.165) is 12.3 Å². The molecule has 0 spiro atoms. The number of nitrogens with zero attached hydrogens (tertiary/aromatic N) is 3. The van der Waals surface area contributed by atoms with Crippen molar-refractivity contribution in [2.45, 2.75) is 6.92 Å². The van der Waals surface area contributed by atoms with Gasteiger partial charge < -0.3 is 10.6 Å². The molecule has 0 unspecified atom stereocenters. The summed E-state index contributed by atoms with van der Waals surface area (Å²) in [6.45, 7) is 1.37. The van der Waals surface area contributed by atoms with Gasteiger partial charge in [-0.1, -0.05) is 0 Å². The molecule has 0 bridgehead atoms. The number of rotatable bonds is 5. The average Bonchev–Trinajstić information content (AvgIpc) is 2.48. The monoisotopic (exact) mass is 317 g/mol. The molecule has 10 heteroatoms. The third kappa shape index (κ3) is 3.97. The van der Waals surface area contributed by atoms with Gasteiger partial charge in [0.25, 0.3) is 5.69 Å². The van der Waals surface area contributed by atoms with Gasteiger partial charge >= 0.3 is 5.69 Å². The number of nitro groups is 2. The Kier molecular flexibility index (Phi) is 4.45. The number of hydrogen-bond acceptors (Lipinski definition) is 7. The van der Waals surface area contributed by atoms with Crippen LogP contribution in [0.2, 0.25) is 0 Å². The van der Waals surface area contributed by atoms with Crippen molar-refractivity contribution in [1.29, 1.82) is 0 Å². The van der Waals surface area contributed by atoms with E-state index in [1.54, 1.807) is 24.3 Å². The SMILES string of the molecule is CC(=O)Nc1ccc(Nc2ncc([N+](=O)[O-])cc2[N+](=O)[O-])cc1. The predicted octanol–water partition coefficient (Wildman–Crippen LogP) is 2.60. The van der Waals surface area contributed by atoms with Crippen LogP contribution in [0.15, 0.2) is 36.5 Å². The van der Waals surface area contributed by atoms with Crippen molar-refractivity contribution < 1.29 is 14.6 Å². The number of pyridine rings is 1. The molecule has 0 saturated carbocycles. The van der Waals surface area contributed by atoms with Crippen molar-refractivity contribution in [1.82, 2.24) is 4.98 Å². The average molecular weight is 317 g/mol. The lowest BCUT2D eigenvalue weighted by Crippen LogP contribution is -2.05. The first kappa shape index (κ1) is 15.8. The molecule has 0 aliphatic carbocycles. The minimum atomic E-state index is -0.758. The summed E-state index contributed by atoms with van der Waals surface area (Å²) in [7, 11) is 0. The van der Waals surface area contributed by atoms with E-state index in [2.05, 4.69) is 15.6 Å². The van der Waals surface area contributed by atoms with E-state index < -0.39 is 21.2 Å². The standard InChI is InChI=1S/C13H11N5O5/c1-8(19)15-9-2-4-10(5-3-9)16-13-12(18(22)23)6-11(7-14-13)17(20)21/h2-7H,1H3,(H,14,16)(H,15,19). The van der Waals surface area contributed by atoms with E-state index in [-0.39, 0.29) is 11.7 Å². The number of benzene rings is 1. The Labute approximate surface area is 129 Å². The lowest BCUT2D eigenvalue weighted by atomic mass is 10.2. The predicted molar refractivity (Wildman–Crippen MR) is 81.6 cm³/mol. The summed E-state index contributed by atoms with van der Waals surface area (Å²) in [4.78, 5) is 34.8. The molecule has 2 rings (SSSR count). The van der Waals surface area contributed by atoms with Crippen molar-refractivity contribution >= 4 is 34.5 Å². The molecule has 10 nitrogen and oxygen atoms in total. The van der Waals surface area contributed by atoms with Crippen molar-refractivity contribution in [2.24, 2.45) is 0 Å². The molecular weight excluding hydrogens is 306 g/mol. The van der Waals surface area contributed by atoms with Crippen LogP contribution in [-0.2, 0) is 4.79 Å². The van der Waals surface area contributed by atoms with Crippen LogP contribution in [0.1, 0.15) is 6.92 Å². The Bertz CT molecular complexity index is 775. The molecular formula is C13H11N5O5. The maximum atomic E-state index is 11.0. The quantitative estimate of drug-likeness (QED) is 0.637. The van der Waals surface area contributed by atoms with Gasteiger partial charge in [0.05, 0.1) is 15.9 Å². The normalized spacial score (nSPS) is 9.96. The Hall–Kier alpha value is -3.56. The highest BCUT2D eigenvalue weighted by atomic mass is 16.6. The zero-order valence-electron chi connectivity index (χ0n) is 11.8. The van der Waals surface area contributed by atoms with E-state index in [1.165, 1.54) is 6.92 Å². The van der Waals surface area contributed by atoms with Gasteiger partial charge in [-0.2, -0.15) is 0 Å². The van der Waals surface area contributed by atoms with Gasteiger partial charge in [-0.3, -0.25) is 25.0 Å². The van der Waals surface area contributed by atoms with Crippen molar-refractivity contribution in [3.05, 3.63) is 56.8 Å². The highest BCUT2D eigenvalue weighted by Crippen LogP contribution is 2.29. The van der Waals surface area contributed by atoms with Crippen LogP contribution in [0.5, 0.6) is 0 Å². The second-order valence-corrected chi connectivity index (χ2v) is 4.46. The van der Waals surface area contributed by atoms with Crippen LogP contribution in [0, 0.1) is 20.2 Å². The third-order valence-corrected chi connectivity index (χ3v) is 2.73. The number of amides is 1. The molecule has 1 aromatic carbocycles. The van der Waals surface area contributed by atoms with Gasteiger partial charge in [-0.15, -0.1) is 0 Å². The second kappa shape index (κ2) is 6.47. The van der Waals surface area contributed by atoms with Gasteiger partial charge in [-0.05, 0) is 24.3 Å². The first-order valence-corrected chi connectivity index (χ1v) is 6.30. The van der Waals surface area contributed by atoms with Crippen LogP contribution in [-0.4, -0.2) is 20.7 Å². The molecule has 0 radical (unpaired) electrons.